The van der Waals surface area contributed by atoms with Gasteiger partial charge in [-0.05, 0) is 12.8 Å². The van der Waals surface area contributed by atoms with Crippen LogP contribution in [0.1, 0.15) is 55.3 Å². The van der Waals surface area contributed by atoms with Crippen molar-refractivity contribution in [3.05, 3.63) is 35.9 Å². The summed E-state index contributed by atoms with van der Waals surface area (Å²) in [7, 11) is 0. The first-order chi connectivity index (χ1) is 8.86. The summed E-state index contributed by atoms with van der Waals surface area (Å²) < 4.78 is 5.83. The molecule has 0 atom stereocenters. The van der Waals surface area contributed by atoms with Gasteiger partial charge in [-0.2, -0.15) is 0 Å². The molecule has 0 spiro atoms. The van der Waals surface area contributed by atoms with Crippen LogP contribution in [0.2, 0.25) is 0 Å². The minimum Gasteiger partial charge on any atom is -0.378 e. The second kappa shape index (κ2) is 7.32. The Labute approximate surface area is 109 Å². The summed E-state index contributed by atoms with van der Waals surface area (Å²) >= 11 is 0. The molecule has 1 fully saturated rings. The van der Waals surface area contributed by atoms with E-state index >= 15 is 0 Å². The number of benzene rings is 1. The molecule has 0 bridgehead atoms. The fourth-order valence-electron chi connectivity index (χ4n) is 2.50. The smallest absolute Gasteiger partial charge is 0.165 e. The molecule has 1 aliphatic rings. The monoisotopic (exact) mass is 246 g/mol. The number of ether oxygens (including phenoxy) is 1. The minimum absolute atomic E-state index is 0.184. The minimum atomic E-state index is 0.184. The summed E-state index contributed by atoms with van der Waals surface area (Å²) in [5.74, 6) is 0.184. The molecule has 0 saturated heterocycles. The maximum absolute atomic E-state index is 11.9. The van der Waals surface area contributed by atoms with Crippen molar-refractivity contribution >= 4 is 5.78 Å². The van der Waals surface area contributed by atoms with Crippen LogP contribution in [-0.2, 0) is 4.74 Å². The van der Waals surface area contributed by atoms with E-state index in [0.29, 0.717) is 19.1 Å². The van der Waals surface area contributed by atoms with Crippen molar-refractivity contribution in [2.45, 2.75) is 51.0 Å². The lowest BCUT2D eigenvalue weighted by Crippen LogP contribution is -2.14. The molecule has 98 valence electrons. The van der Waals surface area contributed by atoms with Gasteiger partial charge >= 0.3 is 0 Å². The third kappa shape index (κ3) is 4.26. The maximum atomic E-state index is 11.9. The molecule has 0 aliphatic heterocycles. The van der Waals surface area contributed by atoms with Gasteiger partial charge in [-0.1, -0.05) is 56.0 Å². The molecule has 0 heterocycles. The zero-order chi connectivity index (χ0) is 12.6. The van der Waals surface area contributed by atoms with Crippen LogP contribution < -0.4 is 0 Å². The Balaban J connectivity index is 1.70. The summed E-state index contributed by atoms with van der Waals surface area (Å²) in [6.45, 7) is 0.568. The first kappa shape index (κ1) is 13.3. The fraction of sp³-hybridized carbons (Fsp3) is 0.562. The van der Waals surface area contributed by atoms with Crippen molar-refractivity contribution in [2.75, 3.05) is 6.61 Å². The number of rotatable bonds is 5. The Kier molecular flexibility index (Phi) is 5.40. The predicted octanol–water partition coefficient (Wildman–Crippen LogP) is 4.00. The average molecular weight is 246 g/mol. The van der Waals surface area contributed by atoms with Gasteiger partial charge in [0.15, 0.2) is 5.78 Å². The zero-order valence-corrected chi connectivity index (χ0v) is 10.9. The summed E-state index contributed by atoms with van der Waals surface area (Å²) in [6, 6.07) is 9.47. The standard InChI is InChI=1S/C16H22O2/c17-16(14-8-4-3-5-9-14)12-13-18-15-10-6-1-2-7-11-15/h3-5,8-9,15H,1-2,6-7,10-13H2. The Morgan fingerprint density at radius 2 is 1.72 bits per heavy atom. The first-order valence-corrected chi connectivity index (χ1v) is 7.06. The molecule has 1 aromatic rings. The van der Waals surface area contributed by atoms with Gasteiger partial charge in [0, 0.05) is 12.0 Å². The lowest BCUT2D eigenvalue weighted by molar-refractivity contribution is 0.0404. The molecule has 0 unspecified atom stereocenters. The Morgan fingerprint density at radius 1 is 1.06 bits per heavy atom. The third-order valence-electron chi connectivity index (χ3n) is 3.58. The normalized spacial score (nSPS) is 17.3. The molecule has 2 heteroatoms. The molecular formula is C16H22O2. The quantitative estimate of drug-likeness (QED) is 0.580. The van der Waals surface area contributed by atoms with Crippen LogP contribution in [0.5, 0.6) is 0 Å². The number of hydrogen-bond acceptors (Lipinski definition) is 2. The Hall–Kier alpha value is -1.15. The topological polar surface area (TPSA) is 26.3 Å². The highest BCUT2D eigenvalue weighted by Crippen LogP contribution is 2.20. The zero-order valence-electron chi connectivity index (χ0n) is 10.9. The van der Waals surface area contributed by atoms with E-state index < -0.39 is 0 Å². The highest BCUT2D eigenvalue weighted by molar-refractivity contribution is 5.96. The molecule has 0 amide bonds. The van der Waals surface area contributed by atoms with Crippen molar-refractivity contribution in [3.8, 4) is 0 Å². The van der Waals surface area contributed by atoms with E-state index in [2.05, 4.69) is 0 Å². The molecular weight excluding hydrogens is 224 g/mol. The van der Waals surface area contributed by atoms with E-state index in [9.17, 15) is 4.79 Å². The fourth-order valence-corrected chi connectivity index (χ4v) is 2.50. The molecule has 2 rings (SSSR count). The second-order valence-corrected chi connectivity index (χ2v) is 5.02. The van der Waals surface area contributed by atoms with E-state index in [1.807, 2.05) is 30.3 Å². The van der Waals surface area contributed by atoms with Crippen LogP contribution in [0.25, 0.3) is 0 Å². The van der Waals surface area contributed by atoms with Crippen LogP contribution >= 0.6 is 0 Å². The summed E-state index contributed by atoms with van der Waals surface area (Å²) in [5, 5.41) is 0. The predicted molar refractivity (Wildman–Crippen MR) is 72.8 cm³/mol. The highest BCUT2D eigenvalue weighted by atomic mass is 16.5. The molecule has 18 heavy (non-hydrogen) atoms. The highest BCUT2D eigenvalue weighted by Gasteiger charge is 2.13. The van der Waals surface area contributed by atoms with Crippen molar-refractivity contribution in [1.29, 1.82) is 0 Å². The Morgan fingerprint density at radius 3 is 2.39 bits per heavy atom. The third-order valence-corrected chi connectivity index (χ3v) is 3.58. The SMILES string of the molecule is O=C(CCOC1CCCCCC1)c1ccccc1. The van der Waals surface area contributed by atoms with Gasteiger partial charge in [0.1, 0.15) is 0 Å². The molecule has 1 aliphatic carbocycles. The van der Waals surface area contributed by atoms with E-state index in [1.165, 1.54) is 38.5 Å². The van der Waals surface area contributed by atoms with Crippen molar-refractivity contribution < 1.29 is 9.53 Å². The molecule has 0 aromatic heterocycles. The van der Waals surface area contributed by atoms with Gasteiger partial charge in [-0.3, -0.25) is 4.79 Å². The number of hydrogen-bond donors (Lipinski definition) is 0. The van der Waals surface area contributed by atoms with Crippen LogP contribution in [0.3, 0.4) is 0 Å². The van der Waals surface area contributed by atoms with Gasteiger partial charge in [0.05, 0.1) is 12.7 Å². The molecule has 0 radical (unpaired) electrons. The number of ketones is 1. The number of Topliss-reactive ketones (excluding diaryl/α,β-unsaturated/α-hetero) is 1. The lowest BCUT2D eigenvalue weighted by atomic mass is 10.1. The van der Waals surface area contributed by atoms with Crippen molar-refractivity contribution in [1.82, 2.24) is 0 Å². The summed E-state index contributed by atoms with van der Waals surface area (Å²) in [6.07, 6.45) is 8.44. The van der Waals surface area contributed by atoms with E-state index in [-0.39, 0.29) is 5.78 Å². The molecule has 1 saturated carbocycles. The molecule has 2 nitrogen and oxygen atoms in total. The molecule has 1 aromatic carbocycles. The van der Waals surface area contributed by atoms with Crippen LogP contribution in [-0.4, -0.2) is 18.5 Å². The second-order valence-electron chi connectivity index (χ2n) is 5.02. The lowest BCUT2D eigenvalue weighted by Gasteiger charge is -2.14. The van der Waals surface area contributed by atoms with Gasteiger partial charge in [0.25, 0.3) is 0 Å². The van der Waals surface area contributed by atoms with Crippen LogP contribution in [0, 0.1) is 0 Å². The van der Waals surface area contributed by atoms with Crippen molar-refractivity contribution in [3.63, 3.8) is 0 Å². The number of carbonyl (C=O) groups is 1. The first-order valence-electron chi connectivity index (χ1n) is 7.06. The van der Waals surface area contributed by atoms with Crippen molar-refractivity contribution in [2.24, 2.45) is 0 Å². The maximum Gasteiger partial charge on any atom is 0.165 e. The van der Waals surface area contributed by atoms with Gasteiger partial charge in [0.2, 0.25) is 0 Å². The largest absolute Gasteiger partial charge is 0.378 e. The summed E-state index contributed by atoms with van der Waals surface area (Å²) in [5.41, 5.74) is 0.793. The van der Waals surface area contributed by atoms with Crippen LogP contribution in [0.15, 0.2) is 30.3 Å². The van der Waals surface area contributed by atoms with Gasteiger partial charge in [-0.15, -0.1) is 0 Å². The average Bonchev–Trinajstić information content (AvgIpc) is 2.68. The Bertz CT molecular complexity index is 351. The number of carbonyl (C=O) groups excluding carboxylic acids is 1. The van der Waals surface area contributed by atoms with E-state index in [4.69, 9.17) is 4.74 Å². The van der Waals surface area contributed by atoms with Gasteiger partial charge < -0.3 is 4.74 Å². The van der Waals surface area contributed by atoms with Gasteiger partial charge in [-0.25, -0.2) is 0 Å². The van der Waals surface area contributed by atoms with E-state index in [1.54, 1.807) is 0 Å². The van der Waals surface area contributed by atoms with Crippen LogP contribution in [0.4, 0.5) is 0 Å². The van der Waals surface area contributed by atoms with E-state index in [0.717, 1.165) is 5.56 Å². The molecule has 0 N–H and O–H groups in total. The summed E-state index contributed by atoms with van der Waals surface area (Å²) in [4.78, 5) is 11.9.